The molecule has 1 heterocycles. The standard InChI is InChI=1S/C5H8S/c1-2-5-3-6-4-5/h2H,3-4H2,1H3. The Labute approximate surface area is 42.6 Å². The molecule has 1 fully saturated rings. The summed E-state index contributed by atoms with van der Waals surface area (Å²) in [5.41, 5.74) is 1.61. The first-order chi connectivity index (χ1) is 2.93. The van der Waals surface area contributed by atoms with Crippen molar-refractivity contribution in [3.05, 3.63) is 11.6 Å². The average molecular weight is 100 g/mol. The van der Waals surface area contributed by atoms with Crippen LogP contribution >= 0.6 is 11.8 Å². The van der Waals surface area contributed by atoms with Crippen LogP contribution in [-0.4, -0.2) is 11.5 Å². The molecular formula is C5H8S. The van der Waals surface area contributed by atoms with E-state index in [-0.39, 0.29) is 0 Å². The molecule has 0 atom stereocenters. The maximum absolute atomic E-state index is 2.20. The van der Waals surface area contributed by atoms with Crippen LogP contribution in [0, 0.1) is 0 Å². The van der Waals surface area contributed by atoms with Crippen molar-refractivity contribution in [1.82, 2.24) is 0 Å². The van der Waals surface area contributed by atoms with Gasteiger partial charge in [0.2, 0.25) is 0 Å². The zero-order chi connectivity index (χ0) is 4.41. The Bertz CT molecular complexity index is 68.0. The Morgan fingerprint density at radius 1 is 1.67 bits per heavy atom. The monoisotopic (exact) mass is 100 g/mol. The van der Waals surface area contributed by atoms with Gasteiger partial charge in [0.1, 0.15) is 0 Å². The van der Waals surface area contributed by atoms with Crippen LogP contribution in [0.25, 0.3) is 0 Å². The van der Waals surface area contributed by atoms with E-state index in [1.54, 1.807) is 5.57 Å². The summed E-state index contributed by atoms with van der Waals surface area (Å²) >= 11 is 2.00. The van der Waals surface area contributed by atoms with Crippen LogP contribution < -0.4 is 0 Å². The van der Waals surface area contributed by atoms with Gasteiger partial charge in [-0.05, 0) is 6.92 Å². The van der Waals surface area contributed by atoms with Crippen LogP contribution in [0.1, 0.15) is 6.92 Å². The van der Waals surface area contributed by atoms with E-state index in [2.05, 4.69) is 13.0 Å². The summed E-state index contributed by atoms with van der Waals surface area (Å²) in [5, 5.41) is 0. The Hall–Kier alpha value is 0.0900. The Morgan fingerprint density at radius 3 is 2.33 bits per heavy atom. The molecule has 0 radical (unpaired) electrons. The molecule has 1 saturated heterocycles. The van der Waals surface area contributed by atoms with E-state index in [1.807, 2.05) is 11.8 Å². The fourth-order valence-electron chi connectivity index (χ4n) is 0.387. The van der Waals surface area contributed by atoms with Gasteiger partial charge in [-0.15, -0.1) is 0 Å². The lowest BCUT2D eigenvalue weighted by Gasteiger charge is -2.13. The van der Waals surface area contributed by atoms with E-state index in [4.69, 9.17) is 0 Å². The molecule has 0 amide bonds. The van der Waals surface area contributed by atoms with Crippen molar-refractivity contribution in [1.29, 1.82) is 0 Å². The molecule has 0 spiro atoms. The molecular weight excluding hydrogens is 92.1 g/mol. The van der Waals surface area contributed by atoms with Gasteiger partial charge in [0, 0.05) is 11.5 Å². The van der Waals surface area contributed by atoms with Crippen molar-refractivity contribution in [3.8, 4) is 0 Å². The molecule has 0 aromatic rings. The summed E-state index contributed by atoms with van der Waals surface area (Å²) in [7, 11) is 0. The highest BCUT2D eigenvalue weighted by atomic mass is 32.2. The van der Waals surface area contributed by atoms with Gasteiger partial charge in [-0.3, -0.25) is 0 Å². The second-order valence-electron chi connectivity index (χ2n) is 1.44. The largest absolute Gasteiger partial charge is 0.153 e. The molecule has 1 aliphatic heterocycles. The molecule has 0 saturated carbocycles. The zero-order valence-electron chi connectivity index (χ0n) is 3.90. The predicted molar refractivity (Wildman–Crippen MR) is 31.1 cm³/mol. The first kappa shape index (κ1) is 4.25. The number of thioether (sulfide) groups is 1. The molecule has 1 aliphatic rings. The van der Waals surface area contributed by atoms with Crippen LogP contribution in [0.15, 0.2) is 11.6 Å². The summed E-state index contributed by atoms with van der Waals surface area (Å²) in [6.07, 6.45) is 2.20. The summed E-state index contributed by atoms with van der Waals surface area (Å²) in [5.74, 6) is 2.58. The Morgan fingerprint density at radius 2 is 2.33 bits per heavy atom. The third-order valence-corrected chi connectivity index (χ3v) is 2.13. The lowest BCUT2D eigenvalue weighted by atomic mass is 10.3. The Kier molecular flexibility index (Phi) is 1.20. The fraction of sp³-hybridized carbons (Fsp3) is 0.600. The molecule has 0 aliphatic carbocycles. The predicted octanol–water partition coefficient (Wildman–Crippen LogP) is 1.68. The average Bonchev–Trinajstić information content (AvgIpc) is 1.31. The van der Waals surface area contributed by atoms with Gasteiger partial charge in [-0.2, -0.15) is 11.8 Å². The van der Waals surface area contributed by atoms with Gasteiger partial charge in [0.05, 0.1) is 0 Å². The van der Waals surface area contributed by atoms with Crippen LogP contribution in [0.3, 0.4) is 0 Å². The number of allylic oxidation sites excluding steroid dienone is 1. The van der Waals surface area contributed by atoms with E-state index < -0.39 is 0 Å². The first-order valence-electron chi connectivity index (χ1n) is 2.15. The first-order valence-corrected chi connectivity index (χ1v) is 3.31. The van der Waals surface area contributed by atoms with Crippen molar-refractivity contribution in [2.45, 2.75) is 6.92 Å². The van der Waals surface area contributed by atoms with E-state index in [9.17, 15) is 0 Å². The van der Waals surface area contributed by atoms with Crippen molar-refractivity contribution in [2.75, 3.05) is 11.5 Å². The molecule has 0 nitrogen and oxygen atoms in total. The lowest BCUT2D eigenvalue weighted by Crippen LogP contribution is -2.02. The molecule has 0 bridgehead atoms. The van der Waals surface area contributed by atoms with Gasteiger partial charge in [-0.25, -0.2) is 0 Å². The van der Waals surface area contributed by atoms with Crippen molar-refractivity contribution >= 4 is 11.8 Å². The van der Waals surface area contributed by atoms with E-state index >= 15 is 0 Å². The van der Waals surface area contributed by atoms with Gasteiger partial charge >= 0.3 is 0 Å². The van der Waals surface area contributed by atoms with Crippen LogP contribution in [0.4, 0.5) is 0 Å². The smallest absolute Gasteiger partial charge is 0.0154 e. The number of hydrogen-bond donors (Lipinski definition) is 0. The highest BCUT2D eigenvalue weighted by Crippen LogP contribution is 2.22. The van der Waals surface area contributed by atoms with Gasteiger partial charge in [0.25, 0.3) is 0 Å². The minimum atomic E-state index is 1.29. The topological polar surface area (TPSA) is 0 Å². The maximum Gasteiger partial charge on any atom is 0.0154 e. The van der Waals surface area contributed by atoms with Gasteiger partial charge in [0.15, 0.2) is 0 Å². The normalized spacial score (nSPS) is 19.8. The Balaban J connectivity index is 2.34. The zero-order valence-corrected chi connectivity index (χ0v) is 4.72. The molecule has 6 heavy (non-hydrogen) atoms. The van der Waals surface area contributed by atoms with Crippen molar-refractivity contribution < 1.29 is 0 Å². The summed E-state index contributed by atoms with van der Waals surface area (Å²) in [6.45, 7) is 2.11. The molecule has 0 aromatic heterocycles. The highest BCUT2D eigenvalue weighted by molar-refractivity contribution is 8.01. The van der Waals surface area contributed by atoms with E-state index in [1.165, 1.54) is 11.5 Å². The third kappa shape index (κ3) is 0.597. The summed E-state index contributed by atoms with van der Waals surface area (Å²) in [4.78, 5) is 0. The second kappa shape index (κ2) is 1.69. The summed E-state index contributed by atoms with van der Waals surface area (Å²) < 4.78 is 0. The third-order valence-electron chi connectivity index (χ3n) is 0.983. The van der Waals surface area contributed by atoms with Gasteiger partial charge < -0.3 is 0 Å². The number of rotatable bonds is 0. The lowest BCUT2D eigenvalue weighted by molar-refractivity contribution is 1.33. The number of hydrogen-bond acceptors (Lipinski definition) is 1. The quantitative estimate of drug-likeness (QED) is 0.417. The molecule has 0 unspecified atom stereocenters. The molecule has 0 aromatic carbocycles. The van der Waals surface area contributed by atoms with E-state index in [0.29, 0.717) is 0 Å². The van der Waals surface area contributed by atoms with E-state index in [0.717, 1.165) is 0 Å². The summed E-state index contributed by atoms with van der Waals surface area (Å²) in [6, 6.07) is 0. The van der Waals surface area contributed by atoms with Crippen LogP contribution in [-0.2, 0) is 0 Å². The second-order valence-corrected chi connectivity index (χ2v) is 2.43. The van der Waals surface area contributed by atoms with Gasteiger partial charge in [-0.1, -0.05) is 11.6 Å². The molecule has 0 N–H and O–H groups in total. The van der Waals surface area contributed by atoms with Crippen molar-refractivity contribution in [3.63, 3.8) is 0 Å². The molecule has 1 rings (SSSR count). The minimum Gasteiger partial charge on any atom is -0.153 e. The fourth-order valence-corrected chi connectivity index (χ4v) is 1.16. The van der Waals surface area contributed by atoms with Crippen LogP contribution in [0.5, 0.6) is 0 Å². The minimum absolute atomic E-state index is 1.29. The molecule has 34 valence electrons. The highest BCUT2D eigenvalue weighted by Gasteiger charge is 2.04. The van der Waals surface area contributed by atoms with Crippen molar-refractivity contribution in [2.24, 2.45) is 0 Å². The molecule has 1 heteroatoms. The maximum atomic E-state index is 2.20. The SMILES string of the molecule is CC=C1CSC1. The van der Waals surface area contributed by atoms with Crippen LogP contribution in [0.2, 0.25) is 0 Å².